The standard InChI is InChI=1S/C19H23N3O5/c20-12-16-6-4-15(5-7-16)11-17-13-21(8-10-27-17)22(14-19(25)26)18(24)3-1-2-9-23/h4-7,9,17H,1-3,8,10-11,13-14H2,(H,25,26). The van der Waals surface area contributed by atoms with Crippen LogP contribution in [0.25, 0.3) is 0 Å². The first kappa shape index (κ1) is 20.6. The number of nitrogens with zero attached hydrogens (tertiary/aromatic N) is 3. The molecule has 8 heteroatoms. The molecule has 1 N–H and O–H groups in total. The monoisotopic (exact) mass is 373 g/mol. The van der Waals surface area contributed by atoms with E-state index in [0.29, 0.717) is 38.1 Å². The smallest absolute Gasteiger partial charge is 0.324 e. The number of benzene rings is 1. The Morgan fingerprint density at radius 3 is 2.74 bits per heavy atom. The summed E-state index contributed by atoms with van der Waals surface area (Å²) in [6, 6.07) is 9.27. The summed E-state index contributed by atoms with van der Waals surface area (Å²) in [6.07, 6.45) is 1.96. The number of amides is 1. The first-order chi connectivity index (χ1) is 13.0. The van der Waals surface area contributed by atoms with Gasteiger partial charge in [-0.2, -0.15) is 5.26 Å². The molecule has 1 unspecified atom stereocenters. The van der Waals surface area contributed by atoms with Gasteiger partial charge in [-0.1, -0.05) is 12.1 Å². The zero-order valence-electron chi connectivity index (χ0n) is 15.0. The van der Waals surface area contributed by atoms with E-state index < -0.39 is 12.5 Å². The van der Waals surface area contributed by atoms with Crippen LogP contribution in [0.5, 0.6) is 0 Å². The van der Waals surface area contributed by atoms with Crippen molar-refractivity contribution in [3.05, 3.63) is 35.4 Å². The summed E-state index contributed by atoms with van der Waals surface area (Å²) in [6.45, 7) is 0.797. The first-order valence-corrected chi connectivity index (χ1v) is 8.84. The van der Waals surface area contributed by atoms with Gasteiger partial charge in [-0.15, -0.1) is 0 Å². The minimum absolute atomic E-state index is 0.129. The minimum Gasteiger partial charge on any atom is -0.480 e. The van der Waals surface area contributed by atoms with E-state index in [9.17, 15) is 14.4 Å². The van der Waals surface area contributed by atoms with Gasteiger partial charge in [0.1, 0.15) is 12.8 Å². The fraction of sp³-hybridized carbons (Fsp3) is 0.474. The Balaban J connectivity index is 2.00. The number of carboxylic acid groups (broad SMARTS) is 1. The van der Waals surface area contributed by atoms with Gasteiger partial charge >= 0.3 is 5.97 Å². The molecule has 1 aliphatic heterocycles. The lowest BCUT2D eigenvalue weighted by atomic mass is 10.1. The lowest BCUT2D eigenvalue weighted by Gasteiger charge is -2.39. The average molecular weight is 373 g/mol. The fourth-order valence-corrected chi connectivity index (χ4v) is 2.96. The number of carbonyl (C=O) groups excluding carboxylic acids is 2. The third kappa shape index (κ3) is 6.47. The highest BCUT2D eigenvalue weighted by Crippen LogP contribution is 2.15. The van der Waals surface area contributed by atoms with Crippen molar-refractivity contribution in [2.45, 2.75) is 31.8 Å². The quantitative estimate of drug-likeness (QED) is 0.508. The van der Waals surface area contributed by atoms with Crippen LogP contribution in [0.3, 0.4) is 0 Å². The molecule has 1 aliphatic rings. The van der Waals surface area contributed by atoms with Crippen molar-refractivity contribution >= 4 is 18.2 Å². The van der Waals surface area contributed by atoms with Crippen LogP contribution in [0.1, 0.15) is 30.4 Å². The van der Waals surface area contributed by atoms with E-state index in [-0.39, 0.29) is 24.9 Å². The van der Waals surface area contributed by atoms with Crippen LogP contribution < -0.4 is 0 Å². The summed E-state index contributed by atoms with van der Waals surface area (Å²) >= 11 is 0. The molecule has 1 saturated heterocycles. The Labute approximate surface area is 157 Å². The van der Waals surface area contributed by atoms with Gasteiger partial charge in [0.15, 0.2) is 0 Å². The van der Waals surface area contributed by atoms with Crippen molar-refractivity contribution in [2.75, 3.05) is 26.2 Å². The molecule has 27 heavy (non-hydrogen) atoms. The summed E-state index contributed by atoms with van der Waals surface area (Å²) in [4.78, 5) is 34.0. The maximum absolute atomic E-state index is 12.4. The van der Waals surface area contributed by atoms with Crippen LogP contribution in [-0.2, 0) is 25.5 Å². The second-order valence-electron chi connectivity index (χ2n) is 6.32. The summed E-state index contributed by atoms with van der Waals surface area (Å²) < 4.78 is 5.76. The van der Waals surface area contributed by atoms with Gasteiger partial charge in [0, 0.05) is 25.9 Å². The fourth-order valence-electron chi connectivity index (χ4n) is 2.96. The molecule has 0 bridgehead atoms. The molecular formula is C19H23N3O5. The second kappa shape index (κ2) is 10.4. The Hall–Kier alpha value is -2.76. The molecule has 0 saturated carbocycles. The number of carboxylic acids is 1. The predicted molar refractivity (Wildman–Crippen MR) is 95.4 cm³/mol. The predicted octanol–water partition coefficient (Wildman–Crippen LogP) is 0.999. The Bertz CT molecular complexity index is 698. The highest BCUT2D eigenvalue weighted by atomic mass is 16.5. The number of nitriles is 1. The van der Waals surface area contributed by atoms with E-state index in [1.54, 1.807) is 17.1 Å². The molecule has 0 aliphatic carbocycles. The van der Waals surface area contributed by atoms with E-state index in [1.807, 2.05) is 12.1 Å². The zero-order chi connectivity index (χ0) is 19.6. The van der Waals surface area contributed by atoms with Crippen molar-refractivity contribution in [1.29, 1.82) is 5.26 Å². The SMILES string of the molecule is N#Cc1ccc(CC2CN(N(CC(=O)O)C(=O)CCCC=O)CCO2)cc1. The largest absolute Gasteiger partial charge is 0.480 e. The van der Waals surface area contributed by atoms with E-state index in [1.165, 1.54) is 5.01 Å². The third-order valence-electron chi connectivity index (χ3n) is 4.29. The van der Waals surface area contributed by atoms with Crippen LogP contribution in [0, 0.1) is 11.3 Å². The van der Waals surface area contributed by atoms with Crippen LogP contribution in [0.15, 0.2) is 24.3 Å². The number of hydrogen-bond donors (Lipinski definition) is 1. The molecule has 8 nitrogen and oxygen atoms in total. The Kier molecular flexibility index (Phi) is 7.92. The van der Waals surface area contributed by atoms with Gasteiger partial charge in [-0.05, 0) is 30.5 Å². The van der Waals surface area contributed by atoms with E-state index in [4.69, 9.17) is 15.1 Å². The molecule has 0 radical (unpaired) electrons. The van der Waals surface area contributed by atoms with Gasteiger partial charge in [0.05, 0.1) is 24.3 Å². The van der Waals surface area contributed by atoms with Crippen LogP contribution in [0.2, 0.25) is 0 Å². The number of ether oxygens (including phenoxy) is 1. The van der Waals surface area contributed by atoms with Gasteiger partial charge in [0.25, 0.3) is 0 Å². The molecule has 0 spiro atoms. The molecule has 2 rings (SSSR count). The number of hydrazine groups is 1. The molecule has 1 atom stereocenters. The van der Waals surface area contributed by atoms with Gasteiger partial charge < -0.3 is 14.6 Å². The van der Waals surface area contributed by atoms with E-state index >= 15 is 0 Å². The van der Waals surface area contributed by atoms with E-state index in [2.05, 4.69) is 6.07 Å². The maximum Gasteiger partial charge on any atom is 0.324 e. The van der Waals surface area contributed by atoms with E-state index in [0.717, 1.165) is 11.8 Å². The highest BCUT2D eigenvalue weighted by molar-refractivity contribution is 5.81. The molecular weight excluding hydrogens is 350 g/mol. The van der Waals surface area contributed by atoms with Crippen molar-refractivity contribution < 1.29 is 24.2 Å². The Morgan fingerprint density at radius 1 is 1.37 bits per heavy atom. The number of rotatable bonds is 9. The zero-order valence-corrected chi connectivity index (χ0v) is 15.0. The number of carbonyl (C=O) groups is 3. The van der Waals surface area contributed by atoms with Gasteiger partial charge in [0.2, 0.25) is 5.91 Å². The number of aldehydes is 1. The molecule has 1 aromatic rings. The number of aliphatic carboxylic acids is 1. The summed E-state index contributed by atoms with van der Waals surface area (Å²) in [5.74, 6) is -1.40. The molecule has 144 valence electrons. The van der Waals surface area contributed by atoms with Crippen LogP contribution in [0.4, 0.5) is 0 Å². The van der Waals surface area contributed by atoms with Crippen molar-refractivity contribution in [2.24, 2.45) is 0 Å². The highest BCUT2D eigenvalue weighted by Gasteiger charge is 2.29. The molecule has 1 amide bonds. The minimum atomic E-state index is -1.09. The van der Waals surface area contributed by atoms with Crippen molar-refractivity contribution in [3.8, 4) is 6.07 Å². The van der Waals surface area contributed by atoms with Crippen LogP contribution >= 0.6 is 0 Å². The third-order valence-corrected chi connectivity index (χ3v) is 4.29. The van der Waals surface area contributed by atoms with Gasteiger partial charge in [-0.3, -0.25) is 14.6 Å². The summed E-state index contributed by atoms with van der Waals surface area (Å²) in [5.41, 5.74) is 1.58. The lowest BCUT2D eigenvalue weighted by Crippen LogP contribution is -2.55. The summed E-state index contributed by atoms with van der Waals surface area (Å²) in [7, 11) is 0. The van der Waals surface area contributed by atoms with Crippen molar-refractivity contribution in [3.63, 3.8) is 0 Å². The average Bonchev–Trinajstić information content (AvgIpc) is 2.67. The molecule has 1 heterocycles. The van der Waals surface area contributed by atoms with Crippen molar-refractivity contribution in [1.82, 2.24) is 10.0 Å². The number of unbranched alkanes of at least 4 members (excludes halogenated alkanes) is 1. The Morgan fingerprint density at radius 2 is 2.11 bits per heavy atom. The first-order valence-electron chi connectivity index (χ1n) is 8.84. The molecule has 1 aromatic carbocycles. The number of morpholine rings is 1. The normalized spacial score (nSPS) is 17.1. The lowest BCUT2D eigenvalue weighted by molar-refractivity contribution is -0.171. The van der Waals surface area contributed by atoms with Crippen LogP contribution in [-0.4, -0.2) is 65.6 Å². The summed E-state index contributed by atoms with van der Waals surface area (Å²) in [5, 5.41) is 21.0. The topological polar surface area (TPSA) is 111 Å². The number of hydrogen-bond acceptors (Lipinski definition) is 6. The second-order valence-corrected chi connectivity index (χ2v) is 6.32. The maximum atomic E-state index is 12.4. The molecule has 1 fully saturated rings. The molecule has 0 aromatic heterocycles. The van der Waals surface area contributed by atoms with Gasteiger partial charge in [-0.25, -0.2) is 5.01 Å².